The topological polar surface area (TPSA) is 73.3 Å². The lowest BCUT2D eigenvalue weighted by Crippen LogP contribution is -2.04. The maximum Gasteiger partial charge on any atom is 0.189 e. The highest BCUT2D eigenvalue weighted by Gasteiger charge is 2.16. The number of fused-ring (bicyclic) bond motifs is 1. The van der Waals surface area contributed by atoms with E-state index in [-0.39, 0.29) is 6.79 Å². The summed E-state index contributed by atoms with van der Waals surface area (Å²) in [5.74, 6) is 1.29. The van der Waals surface area contributed by atoms with Crippen molar-refractivity contribution in [2.45, 2.75) is 6.92 Å². The quantitative estimate of drug-likeness (QED) is 0.401. The maximum absolute atomic E-state index is 11.1. The number of thiophene rings is 1. The molecule has 2 heterocycles. The zero-order valence-corrected chi connectivity index (χ0v) is 14.2. The van der Waals surface area contributed by atoms with Crippen molar-refractivity contribution in [3.05, 3.63) is 35.2 Å². The molecule has 0 amide bonds. The molecule has 0 bridgehead atoms. The smallest absolute Gasteiger partial charge is 0.189 e. The largest absolute Gasteiger partial charge is 0.467 e. The van der Waals surface area contributed by atoms with E-state index in [9.17, 15) is 4.79 Å². The molecule has 0 spiro atoms. The van der Waals surface area contributed by atoms with Crippen molar-refractivity contribution < 1.29 is 14.3 Å². The average Bonchev–Trinajstić information content (AvgIpc) is 3.11. The van der Waals surface area contributed by atoms with Gasteiger partial charge < -0.3 is 14.8 Å². The van der Waals surface area contributed by atoms with Crippen LogP contribution in [0.2, 0.25) is 0 Å². The second kappa shape index (κ2) is 7.37. The summed E-state index contributed by atoms with van der Waals surface area (Å²) in [6, 6.07) is 7.25. The van der Waals surface area contributed by atoms with Gasteiger partial charge in [-0.15, -0.1) is 21.5 Å². The van der Waals surface area contributed by atoms with Gasteiger partial charge in [0.1, 0.15) is 17.7 Å². The molecule has 0 aliphatic heterocycles. The van der Waals surface area contributed by atoms with E-state index in [4.69, 9.17) is 9.47 Å². The summed E-state index contributed by atoms with van der Waals surface area (Å²) in [6.45, 7) is 2.55. The van der Waals surface area contributed by atoms with Crippen LogP contribution in [0.3, 0.4) is 0 Å². The molecule has 7 heteroatoms. The van der Waals surface area contributed by atoms with Gasteiger partial charge in [0.15, 0.2) is 12.6 Å². The van der Waals surface area contributed by atoms with Crippen LogP contribution in [0.25, 0.3) is 21.3 Å². The first-order valence-corrected chi connectivity index (χ1v) is 8.38. The van der Waals surface area contributed by atoms with Gasteiger partial charge in [-0.1, -0.05) is 6.07 Å². The third-order valence-electron chi connectivity index (χ3n) is 3.52. The summed E-state index contributed by atoms with van der Waals surface area (Å²) >= 11 is 1.60. The molecule has 1 aromatic carbocycles. The van der Waals surface area contributed by atoms with Crippen LogP contribution >= 0.6 is 11.3 Å². The van der Waals surface area contributed by atoms with Crippen molar-refractivity contribution in [2.24, 2.45) is 0 Å². The van der Waals surface area contributed by atoms with Crippen LogP contribution in [0, 0.1) is 0 Å². The lowest BCUT2D eigenvalue weighted by atomic mass is 10.1. The second-order valence-electron chi connectivity index (χ2n) is 4.94. The van der Waals surface area contributed by atoms with E-state index in [2.05, 4.69) is 15.5 Å². The standard InChI is InChI=1S/C17H17N3O3S/c1-3-22-10-23-14-8-11(9-21)4-5-12(14)15-13-6-7-24-16(13)17(18-2)20-19-15/h4-9H,3,10H2,1-2H3,(H,18,20). The number of nitrogens with zero attached hydrogens (tertiary/aromatic N) is 2. The minimum atomic E-state index is 0.112. The van der Waals surface area contributed by atoms with Crippen LogP contribution in [0.1, 0.15) is 17.3 Å². The van der Waals surface area contributed by atoms with Crippen LogP contribution in [0.5, 0.6) is 5.75 Å². The van der Waals surface area contributed by atoms with Crippen molar-refractivity contribution in [2.75, 3.05) is 25.8 Å². The SMILES string of the molecule is CCOCOc1cc(C=O)ccc1-c1nnc(NC)c2sccc12. The molecule has 0 saturated heterocycles. The molecule has 0 unspecified atom stereocenters. The monoisotopic (exact) mass is 343 g/mol. The highest BCUT2D eigenvalue weighted by atomic mass is 32.1. The number of anilines is 1. The van der Waals surface area contributed by atoms with Gasteiger partial charge in [-0.25, -0.2) is 0 Å². The Morgan fingerprint density at radius 2 is 2.17 bits per heavy atom. The molecule has 2 aromatic heterocycles. The van der Waals surface area contributed by atoms with Gasteiger partial charge in [0.25, 0.3) is 0 Å². The predicted octanol–water partition coefficient (Wildman–Crippen LogP) is 3.59. The summed E-state index contributed by atoms with van der Waals surface area (Å²) < 4.78 is 12.0. The first-order chi connectivity index (χ1) is 11.8. The van der Waals surface area contributed by atoms with E-state index in [0.717, 1.165) is 27.8 Å². The molecule has 0 aliphatic carbocycles. The highest BCUT2D eigenvalue weighted by Crippen LogP contribution is 2.37. The van der Waals surface area contributed by atoms with Gasteiger partial charge >= 0.3 is 0 Å². The Kier molecular flexibility index (Phi) is 5.02. The Morgan fingerprint density at radius 3 is 2.92 bits per heavy atom. The summed E-state index contributed by atoms with van der Waals surface area (Å²) in [5.41, 5.74) is 2.03. The summed E-state index contributed by atoms with van der Waals surface area (Å²) in [4.78, 5) is 11.1. The fraction of sp³-hybridized carbons (Fsp3) is 0.235. The number of carbonyl (C=O) groups is 1. The maximum atomic E-state index is 11.1. The van der Waals surface area contributed by atoms with Crippen molar-refractivity contribution in [1.82, 2.24) is 10.2 Å². The second-order valence-corrected chi connectivity index (χ2v) is 5.86. The number of benzene rings is 1. The molecule has 24 heavy (non-hydrogen) atoms. The van der Waals surface area contributed by atoms with Gasteiger partial charge in [-0.3, -0.25) is 4.79 Å². The summed E-state index contributed by atoms with van der Waals surface area (Å²) in [7, 11) is 1.82. The minimum Gasteiger partial charge on any atom is -0.467 e. The first kappa shape index (κ1) is 16.4. The molecule has 3 aromatic rings. The average molecular weight is 343 g/mol. The molecule has 3 rings (SSSR count). The van der Waals surface area contributed by atoms with Crippen LogP contribution in [-0.4, -0.2) is 36.9 Å². The molecule has 0 aliphatic rings. The number of rotatable bonds is 7. The molecule has 1 N–H and O–H groups in total. The lowest BCUT2D eigenvalue weighted by Gasteiger charge is -2.12. The molecule has 124 valence electrons. The van der Waals surface area contributed by atoms with Crippen molar-refractivity contribution >= 4 is 33.5 Å². The number of carbonyl (C=O) groups excluding carboxylic acids is 1. The number of nitrogens with one attached hydrogen (secondary N) is 1. The lowest BCUT2D eigenvalue weighted by molar-refractivity contribution is 0.0227. The van der Waals surface area contributed by atoms with Gasteiger partial charge in [-0.05, 0) is 30.5 Å². The van der Waals surface area contributed by atoms with E-state index in [1.54, 1.807) is 23.5 Å². The van der Waals surface area contributed by atoms with Gasteiger partial charge in [-0.2, -0.15) is 0 Å². The van der Waals surface area contributed by atoms with Crippen molar-refractivity contribution in [1.29, 1.82) is 0 Å². The zero-order valence-electron chi connectivity index (χ0n) is 13.4. The number of hydrogen-bond acceptors (Lipinski definition) is 7. The number of ether oxygens (including phenoxy) is 2. The predicted molar refractivity (Wildman–Crippen MR) is 94.9 cm³/mol. The fourth-order valence-corrected chi connectivity index (χ4v) is 3.24. The van der Waals surface area contributed by atoms with Gasteiger partial charge in [0, 0.05) is 30.2 Å². The molecule has 0 saturated carbocycles. The molecule has 6 nitrogen and oxygen atoms in total. The molecular weight excluding hydrogens is 326 g/mol. The van der Waals surface area contributed by atoms with E-state index in [1.165, 1.54) is 0 Å². The number of aldehydes is 1. The number of aromatic nitrogens is 2. The Hall–Kier alpha value is -2.51. The minimum absolute atomic E-state index is 0.112. The normalized spacial score (nSPS) is 10.8. The summed E-state index contributed by atoms with van der Waals surface area (Å²) in [5, 5.41) is 14.6. The Balaban J connectivity index is 2.11. The summed E-state index contributed by atoms with van der Waals surface area (Å²) in [6.07, 6.45) is 0.785. The van der Waals surface area contributed by atoms with E-state index in [0.29, 0.717) is 23.6 Å². The Morgan fingerprint density at radius 1 is 1.29 bits per heavy atom. The molecule has 0 fully saturated rings. The molecule has 0 radical (unpaired) electrons. The van der Waals surface area contributed by atoms with E-state index >= 15 is 0 Å². The third kappa shape index (κ3) is 3.08. The van der Waals surface area contributed by atoms with Crippen LogP contribution in [-0.2, 0) is 4.74 Å². The zero-order chi connectivity index (χ0) is 16.9. The first-order valence-electron chi connectivity index (χ1n) is 7.50. The van der Waals surface area contributed by atoms with Crippen molar-refractivity contribution in [3.8, 4) is 17.0 Å². The van der Waals surface area contributed by atoms with E-state index in [1.807, 2.05) is 31.5 Å². The third-order valence-corrected chi connectivity index (χ3v) is 4.44. The van der Waals surface area contributed by atoms with Crippen LogP contribution in [0.4, 0.5) is 5.82 Å². The van der Waals surface area contributed by atoms with Crippen LogP contribution in [0.15, 0.2) is 29.6 Å². The highest BCUT2D eigenvalue weighted by molar-refractivity contribution is 7.17. The fourth-order valence-electron chi connectivity index (χ4n) is 2.36. The Labute approximate surface area is 143 Å². The molecular formula is C17H17N3O3S. The van der Waals surface area contributed by atoms with Crippen molar-refractivity contribution in [3.63, 3.8) is 0 Å². The van der Waals surface area contributed by atoms with E-state index < -0.39 is 0 Å². The number of hydrogen-bond donors (Lipinski definition) is 1. The van der Waals surface area contributed by atoms with Crippen LogP contribution < -0.4 is 10.1 Å². The van der Waals surface area contributed by atoms with Gasteiger partial charge in [0.05, 0.1) is 4.70 Å². The Bertz CT molecular complexity index is 863. The van der Waals surface area contributed by atoms with Gasteiger partial charge in [0.2, 0.25) is 0 Å². The molecule has 0 atom stereocenters.